The monoisotopic (exact) mass is 371 g/mol. The van der Waals surface area contributed by atoms with E-state index in [0.717, 1.165) is 64.0 Å². The van der Waals surface area contributed by atoms with Crippen LogP contribution in [0, 0.1) is 18.8 Å². The van der Waals surface area contributed by atoms with E-state index >= 15 is 0 Å². The van der Waals surface area contributed by atoms with E-state index in [1.54, 1.807) is 0 Å². The molecule has 1 heterocycles. The minimum absolute atomic E-state index is 0.0517. The Morgan fingerprint density at radius 2 is 1.70 bits per heavy atom. The minimum atomic E-state index is 0.0517. The molecule has 3 rings (SSSR count). The standard InChI is InChI=1S/C22H33N3O2/c1-3-24-11-13-25(14-12-24)22(27)20-9-7-19(8-10-20)21(26)23-16-18-6-4-5-17(2)15-18/h4-6,15,19-20H,3,7-14,16H2,1-2H3,(H,23,26). The average Bonchev–Trinajstić information content (AvgIpc) is 2.72. The molecule has 5 nitrogen and oxygen atoms in total. The van der Waals surface area contributed by atoms with Gasteiger partial charge in [0.1, 0.15) is 0 Å². The number of carbonyl (C=O) groups excluding carboxylic acids is 2. The zero-order valence-corrected chi connectivity index (χ0v) is 16.7. The molecule has 148 valence electrons. The molecule has 1 saturated heterocycles. The second-order valence-electron chi connectivity index (χ2n) is 8.01. The molecule has 0 atom stereocenters. The first-order chi connectivity index (χ1) is 13.1. The summed E-state index contributed by atoms with van der Waals surface area (Å²) in [5, 5.41) is 3.07. The molecule has 2 fully saturated rings. The summed E-state index contributed by atoms with van der Waals surface area (Å²) in [6.07, 6.45) is 3.33. The largest absolute Gasteiger partial charge is 0.352 e. The van der Waals surface area contributed by atoms with Gasteiger partial charge in [-0.05, 0) is 44.7 Å². The van der Waals surface area contributed by atoms with Gasteiger partial charge in [0.15, 0.2) is 0 Å². The summed E-state index contributed by atoms with van der Waals surface area (Å²) in [6.45, 7) is 9.55. The molecule has 1 aliphatic carbocycles. The van der Waals surface area contributed by atoms with E-state index in [1.807, 2.05) is 17.0 Å². The maximum Gasteiger partial charge on any atom is 0.225 e. The summed E-state index contributed by atoms with van der Waals surface area (Å²) in [4.78, 5) is 29.7. The summed E-state index contributed by atoms with van der Waals surface area (Å²) < 4.78 is 0. The Bertz CT molecular complexity index is 645. The summed E-state index contributed by atoms with van der Waals surface area (Å²) in [5.41, 5.74) is 2.35. The van der Waals surface area contributed by atoms with Crippen molar-refractivity contribution in [1.82, 2.24) is 15.1 Å². The zero-order valence-electron chi connectivity index (χ0n) is 16.7. The van der Waals surface area contributed by atoms with E-state index in [4.69, 9.17) is 0 Å². The van der Waals surface area contributed by atoms with E-state index in [-0.39, 0.29) is 17.7 Å². The summed E-state index contributed by atoms with van der Waals surface area (Å²) in [7, 11) is 0. The second kappa shape index (κ2) is 9.36. The van der Waals surface area contributed by atoms with Gasteiger partial charge in [-0.25, -0.2) is 0 Å². The van der Waals surface area contributed by atoms with E-state index in [0.29, 0.717) is 12.5 Å². The van der Waals surface area contributed by atoms with Gasteiger partial charge in [0.2, 0.25) is 11.8 Å². The fraction of sp³-hybridized carbons (Fsp3) is 0.636. The van der Waals surface area contributed by atoms with Gasteiger partial charge in [-0.3, -0.25) is 9.59 Å². The van der Waals surface area contributed by atoms with Crippen molar-refractivity contribution in [2.24, 2.45) is 11.8 Å². The van der Waals surface area contributed by atoms with Gasteiger partial charge < -0.3 is 15.1 Å². The third kappa shape index (κ3) is 5.32. The van der Waals surface area contributed by atoms with Crippen LogP contribution in [-0.4, -0.2) is 54.3 Å². The molecule has 5 heteroatoms. The Morgan fingerprint density at radius 1 is 1.04 bits per heavy atom. The van der Waals surface area contributed by atoms with E-state index < -0.39 is 0 Å². The highest BCUT2D eigenvalue weighted by Crippen LogP contribution is 2.30. The Hall–Kier alpha value is -1.88. The van der Waals surface area contributed by atoms with Crippen LogP contribution in [0.2, 0.25) is 0 Å². The van der Waals surface area contributed by atoms with Crippen LogP contribution in [0.1, 0.15) is 43.7 Å². The molecule has 0 unspecified atom stereocenters. The number of carbonyl (C=O) groups is 2. The first-order valence-electron chi connectivity index (χ1n) is 10.4. The lowest BCUT2D eigenvalue weighted by molar-refractivity contribution is -0.140. The molecule has 0 aromatic heterocycles. The highest BCUT2D eigenvalue weighted by Gasteiger charge is 2.33. The van der Waals surface area contributed by atoms with Crippen molar-refractivity contribution < 1.29 is 9.59 Å². The van der Waals surface area contributed by atoms with E-state index in [9.17, 15) is 9.59 Å². The Labute approximate surface area is 163 Å². The number of hydrogen-bond donors (Lipinski definition) is 1. The van der Waals surface area contributed by atoms with Crippen LogP contribution in [-0.2, 0) is 16.1 Å². The lowest BCUT2D eigenvalue weighted by Crippen LogP contribution is -2.50. The van der Waals surface area contributed by atoms with Gasteiger partial charge >= 0.3 is 0 Å². The topological polar surface area (TPSA) is 52.7 Å². The molecule has 2 aliphatic rings. The average molecular weight is 372 g/mol. The predicted octanol–water partition coefficient (Wildman–Crippen LogP) is 2.58. The molecule has 1 aromatic rings. The number of aryl methyl sites for hydroxylation is 1. The third-order valence-corrected chi connectivity index (χ3v) is 6.13. The number of benzene rings is 1. The van der Waals surface area contributed by atoms with Crippen LogP contribution in [0.4, 0.5) is 0 Å². The lowest BCUT2D eigenvalue weighted by atomic mass is 9.80. The van der Waals surface area contributed by atoms with Gasteiger partial charge in [-0.2, -0.15) is 0 Å². The van der Waals surface area contributed by atoms with Crippen molar-refractivity contribution >= 4 is 11.8 Å². The molecule has 27 heavy (non-hydrogen) atoms. The van der Waals surface area contributed by atoms with E-state index in [1.165, 1.54) is 5.56 Å². The van der Waals surface area contributed by atoms with Crippen molar-refractivity contribution in [3.63, 3.8) is 0 Å². The summed E-state index contributed by atoms with van der Waals surface area (Å²) in [5.74, 6) is 0.609. The third-order valence-electron chi connectivity index (χ3n) is 6.13. The molecule has 2 amide bonds. The van der Waals surface area contributed by atoms with Crippen molar-refractivity contribution in [1.29, 1.82) is 0 Å². The van der Waals surface area contributed by atoms with Crippen LogP contribution < -0.4 is 5.32 Å². The van der Waals surface area contributed by atoms with Crippen LogP contribution in [0.3, 0.4) is 0 Å². The fourth-order valence-electron chi connectivity index (χ4n) is 4.30. The molecular weight excluding hydrogens is 338 g/mol. The predicted molar refractivity (Wildman–Crippen MR) is 107 cm³/mol. The van der Waals surface area contributed by atoms with E-state index in [2.05, 4.69) is 36.2 Å². The molecular formula is C22H33N3O2. The highest BCUT2D eigenvalue weighted by molar-refractivity contribution is 5.81. The number of nitrogens with zero attached hydrogens (tertiary/aromatic N) is 2. The first-order valence-corrected chi connectivity index (χ1v) is 10.4. The Balaban J connectivity index is 1.41. The summed E-state index contributed by atoms with van der Waals surface area (Å²) >= 11 is 0. The van der Waals surface area contributed by atoms with Crippen LogP contribution in [0.5, 0.6) is 0 Å². The van der Waals surface area contributed by atoms with Gasteiger partial charge in [0, 0.05) is 44.6 Å². The first kappa shape index (κ1) is 19.9. The Kier molecular flexibility index (Phi) is 6.89. The zero-order chi connectivity index (χ0) is 19.2. The number of hydrogen-bond acceptors (Lipinski definition) is 3. The Morgan fingerprint density at radius 3 is 2.33 bits per heavy atom. The molecule has 1 aliphatic heterocycles. The molecule has 1 saturated carbocycles. The molecule has 1 aromatic carbocycles. The van der Waals surface area contributed by atoms with Gasteiger partial charge in [0.05, 0.1) is 0 Å². The summed E-state index contributed by atoms with van der Waals surface area (Å²) in [6, 6.07) is 8.23. The molecule has 0 bridgehead atoms. The normalized spacial score (nSPS) is 23.9. The van der Waals surface area contributed by atoms with Crippen molar-refractivity contribution in [2.45, 2.75) is 46.1 Å². The SMILES string of the molecule is CCN1CCN(C(=O)C2CCC(C(=O)NCc3cccc(C)c3)CC2)CC1. The minimum Gasteiger partial charge on any atom is -0.352 e. The lowest BCUT2D eigenvalue weighted by Gasteiger charge is -2.37. The van der Waals surface area contributed by atoms with Gasteiger partial charge in [0.25, 0.3) is 0 Å². The van der Waals surface area contributed by atoms with Crippen molar-refractivity contribution in [3.8, 4) is 0 Å². The number of amides is 2. The van der Waals surface area contributed by atoms with Crippen LogP contribution in [0.25, 0.3) is 0 Å². The van der Waals surface area contributed by atoms with Crippen molar-refractivity contribution in [3.05, 3.63) is 35.4 Å². The number of likely N-dealkylation sites (N-methyl/N-ethyl adjacent to an activating group) is 1. The maximum atomic E-state index is 12.8. The molecule has 0 spiro atoms. The number of rotatable bonds is 5. The fourth-order valence-corrected chi connectivity index (χ4v) is 4.30. The second-order valence-corrected chi connectivity index (χ2v) is 8.01. The van der Waals surface area contributed by atoms with Crippen LogP contribution in [0.15, 0.2) is 24.3 Å². The molecule has 0 radical (unpaired) electrons. The number of nitrogens with one attached hydrogen (secondary N) is 1. The number of piperazine rings is 1. The quantitative estimate of drug-likeness (QED) is 0.866. The molecule has 1 N–H and O–H groups in total. The smallest absolute Gasteiger partial charge is 0.225 e. The van der Waals surface area contributed by atoms with Crippen LogP contribution >= 0.6 is 0 Å². The van der Waals surface area contributed by atoms with Gasteiger partial charge in [-0.1, -0.05) is 36.8 Å². The van der Waals surface area contributed by atoms with Gasteiger partial charge in [-0.15, -0.1) is 0 Å². The highest BCUT2D eigenvalue weighted by atomic mass is 16.2. The maximum absolute atomic E-state index is 12.8. The van der Waals surface area contributed by atoms with Crippen molar-refractivity contribution in [2.75, 3.05) is 32.7 Å².